The lowest BCUT2D eigenvalue weighted by molar-refractivity contribution is -0.687. The van der Waals surface area contributed by atoms with E-state index in [-0.39, 0.29) is 0 Å². The largest absolute Gasteiger partial charge is 0.463 e. The van der Waals surface area contributed by atoms with Crippen molar-refractivity contribution in [1.29, 1.82) is 0 Å². The highest BCUT2D eigenvalue weighted by Gasteiger charge is 2.02. The van der Waals surface area contributed by atoms with Crippen LogP contribution in [0.5, 0.6) is 0 Å². The molecule has 0 atom stereocenters. The van der Waals surface area contributed by atoms with Crippen molar-refractivity contribution in [3.63, 3.8) is 0 Å². The summed E-state index contributed by atoms with van der Waals surface area (Å²) in [5, 5.41) is 2.99. The van der Waals surface area contributed by atoms with Gasteiger partial charge in [-0.1, -0.05) is 29.8 Å². The Hall–Kier alpha value is -1.25. The number of hydrogen-bond acceptors (Lipinski definition) is 1. The summed E-state index contributed by atoms with van der Waals surface area (Å²) in [5.41, 5.74) is 1.16. The van der Waals surface area contributed by atoms with E-state index in [0.717, 1.165) is 29.4 Å². The Balaban J connectivity index is 1.86. The standard InChI is InChI=1S/C12H12ClNO/c13-12-6-2-1-4-10(12)8-14-9-11-5-3-7-15-11/h1-7,14H,8-9H2/p+1. The van der Waals surface area contributed by atoms with Crippen LogP contribution in [-0.4, -0.2) is 0 Å². The minimum atomic E-state index is 0.827. The van der Waals surface area contributed by atoms with Crippen LogP contribution in [0.1, 0.15) is 11.3 Å². The van der Waals surface area contributed by atoms with E-state index in [9.17, 15) is 0 Å². The molecule has 0 saturated heterocycles. The summed E-state index contributed by atoms with van der Waals surface area (Å²) in [5.74, 6) is 0.988. The first-order chi connectivity index (χ1) is 7.36. The molecule has 1 heterocycles. The molecular formula is C12H13ClNO+. The lowest BCUT2D eigenvalue weighted by Crippen LogP contribution is -2.80. The Morgan fingerprint density at radius 1 is 1.07 bits per heavy atom. The predicted molar refractivity (Wildman–Crippen MR) is 59.5 cm³/mol. The number of hydrogen-bond donors (Lipinski definition) is 1. The fourth-order valence-electron chi connectivity index (χ4n) is 1.46. The van der Waals surface area contributed by atoms with Gasteiger partial charge in [0, 0.05) is 10.6 Å². The van der Waals surface area contributed by atoms with Crippen molar-refractivity contribution in [1.82, 2.24) is 0 Å². The van der Waals surface area contributed by atoms with Crippen LogP contribution in [0.4, 0.5) is 0 Å². The first-order valence-electron chi connectivity index (χ1n) is 4.94. The third-order valence-electron chi connectivity index (χ3n) is 2.25. The van der Waals surface area contributed by atoms with Crippen molar-refractivity contribution in [2.45, 2.75) is 13.1 Å². The minimum Gasteiger partial charge on any atom is -0.463 e. The molecule has 0 bridgehead atoms. The van der Waals surface area contributed by atoms with Gasteiger partial charge in [0.2, 0.25) is 0 Å². The Kier molecular flexibility index (Phi) is 3.43. The maximum Gasteiger partial charge on any atom is 0.157 e. The summed E-state index contributed by atoms with van der Waals surface area (Å²) in [7, 11) is 0. The molecule has 1 aromatic heterocycles. The van der Waals surface area contributed by atoms with Gasteiger partial charge in [-0.15, -0.1) is 0 Å². The lowest BCUT2D eigenvalue weighted by Gasteiger charge is -2.01. The minimum absolute atomic E-state index is 0.827. The molecule has 0 spiro atoms. The van der Waals surface area contributed by atoms with Gasteiger partial charge in [0.1, 0.15) is 13.1 Å². The van der Waals surface area contributed by atoms with Crippen LogP contribution in [0.3, 0.4) is 0 Å². The third-order valence-corrected chi connectivity index (χ3v) is 2.62. The van der Waals surface area contributed by atoms with Gasteiger partial charge >= 0.3 is 0 Å². The van der Waals surface area contributed by atoms with E-state index in [1.807, 2.05) is 36.4 Å². The van der Waals surface area contributed by atoms with E-state index in [1.54, 1.807) is 6.26 Å². The molecule has 2 aromatic rings. The van der Waals surface area contributed by atoms with Gasteiger partial charge in [0.25, 0.3) is 0 Å². The van der Waals surface area contributed by atoms with Crippen LogP contribution < -0.4 is 5.32 Å². The quantitative estimate of drug-likeness (QED) is 0.845. The number of nitrogens with two attached hydrogens (primary N) is 1. The molecule has 0 aliphatic carbocycles. The lowest BCUT2D eigenvalue weighted by atomic mass is 10.2. The van der Waals surface area contributed by atoms with Crippen LogP contribution >= 0.6 is 11.6 Å². The monoisotopic (exact) mass is 222 g/mol. The molecule has 0 fully saturated rings. The maximum absolute atomic E-state index is 6.04. The van der Waals surface area contributed by atoms with Crippen molar-refractivity contribution in [3.05, 3.63) is 59.0 Å². The second-order valence-electron chi connectivity index (χ2n) is 3.37. The van der Waals surface area contributed by atoms with Crippen molar-refractivity contribution in [3.8, 4) is 0 Å². The Morgan fingerprint density at radius 3 is 2.67 bits per heavy atom. The number of halogens is 1. The summed E-state index contributed by atoms with van der Waals surface area (Å²) >= 11 is 6.04. The molecule has 0 unspecified atom stereocenters. The first kappa shape index (κ1) is 10.3. The number of quaternary nitrogens is 1. The van der Waals surface area contributed by atoms with Gasteiger partial charge in [-0.25, -0.2) is 0 Å². The van der Waals surface area contributed by atoms with Crippen molar-refractivity contribution >= 4 is 11.6 Å². The average Bonchev–Trinajstić information content (AvgIpc) is 2.74. The fraction of sp³-hybridized carbons (Fsp3) is 0.167. The Morgan fingerprint density at radius 2 is 1.93 bits per heavy atom. The van der Waals surface area contributed by atoms with Gasteiger partial charge in [-0.3, -0.25) is 0 Å². The average molecular weight is 223 g/mol. The summed E-state index contributed by atoms with van der Waals surface area (Å²) < 4.78 is 5.24. The molecule has 0 saturated carbocycles. The number of furan rings is 1. The zero-order valence-corrected chi connectivity index (χ0v) is 9.08. The Bertz CT molecular complexity index is 411. The Labute approximate surface area is 93.9 Å². The summed E-state index contributed by atoms with van der Waals surface area (Å²) in [6.07, 6.45) is 1.69. The molecule has 2 N–H and O–H groups in total. The zero-order valence-electron chi connectivity index (χ0n) is 8.32. The molecule has 78 valence electrons. The van der Waals surface area contributed by atoms with E-state index in [2.05, 4.69) is 5.32 Å². The molecule has 1 aromatic carbocycles. The van der Waals surface area contributed by atoms with Crippen LogP contribution in [-0.2, 0) is 13.1 Å². The molecule has 15 heavy (non-hydrogen) atoms. The van der Waals surface area contributed by atoms with Crippen molar-refractivity contribution in [2.24, 2.45) is 0 Å². The molecule has 0 amide bonds. The van der Waals surface area contributed by atoms with Crippen LogP contribution in [0.25, 0.3) is 0 Å². The summed E-state index contributed by atoms with van der Waals surface area (Å²) in [6.45, 7) is 1.72. The molecule has 0 aliphatic heterocycles. The number of benzene rings is 1. The second-order valence-corrected chi connectivity index (χ2v) is 3.77. The van der Waals surface area contributed by atoms with Gasteiger partial charge in [-0.2, -0.15) is 0 Å². The topological polar surface area (TPSA) is 29.8 Å². The first-order valence-corrected chi connectivity index (χ1v) is 5.31. The molecule has 0 aliphatic rings. The highest BCUT2D eigenvalue weighted by molar-refractivity contribution is 6.31. The van der Waals surface area contributed by atoms with E-state index in [1.165, 1.54) is 0 Å². The van der Waals surface area contributed by atoms with E-state index in [0.29, 0.717) is 0 Å². The molecule has 3 heteroatoms. The highest BCUT2D eigenvalue weighted by atomic mass is 35.5. The predicted octanol–water partition coefficient (Wildman–Crippen LogP) is 2.20. The molecule has 0 radical (unpaired) electrons. The maximum atomic E-state index is 6.04. The fourth-order valence-corrected chi connectivity index (χ4v) is 1.68. The van der Waals surface area contributed by atoms with Gasteiger partial charge in [0.15, 0.2) is 5.76 Å². The van der Waals surface area contributed by atoms with Crippen LogP contribution in [0.15, 0.2) is 47.1 Å². The normalized spacial score (nSPS) is 10.5. The molecular weight excluding hydrogens is 210 g/mol. The molecule has 2 rings (SSSR count). The van der Waals surface area contributed by atoms with Crippen molar-refractivity contribution in [2.75, 3.05) is 0 Å². The van der Waals surface area contributed by atoms with Gasteiger partial charge < -0.3 is 9.73 Å². The zero-order chi connectivity index (χ0) is 10.5. The summed E-state index contributed by atoms with van der Waals surface area (Å²) in [4.78, 5) is 0. The molecule has 2 nitrogen and oxygen atoms in total. The summed E-state index contributed by atoms with van der Waals surface area (Å²) in [6, 6.07) is 11.8. The van der Waals surface area contributed by atoms with Gasteiger partial charge in [0.05, 0.1) is 6.26 Å². The second kappa shape index (κ2) is 5.01. The third kappa shape index (κ3) is 2.85. The van der Waals surface area contributed by atoms with E-state index >= 15 is 0 Å². The van der Waals surface area contributed by atoms with Gasteiger partial charge in [-0.05, 0) is 18.2 Å². The smallest absolute Gasteiger partial charge is 0.157 e. The van der Waals surface area contributed by atoms with Crippen LogP contribution in [0, 0.1) is 0 Å². The van der Waals surface area contributed by atoms with Crippen LogP contribution in [0.2, 0.25) is 5.02 Å². The highest BCUT2D eigenvalue weighted by Crippen LogP contribution is 2.13. The number of rotatable bonds is 4. The van der Waals surface area contributed by atoms with E-state index < -0.39 is 0 Å². The van der Waals surface area contributed by atoms with E-state index in [4.69, 9.17) is 16.0 Å². The SMILES string of the molecule is Clc1ccccc1C[NH2+]Cc1ccco1. The van der Waals surface area contributed by atoms with Crippen molar-refractivity contribution < 1.29 is 9.73 Å².